The van der Waals surface area contributed by atoms with Gasteiger partial charge in [0.25, 0.3) is 0 Å². The van der Waals surface area contributed by atoms with Gasteiger partial charge in [-0.3, -0.25) is 0 Å². The quantitative estimate of drug-likeness (QED) is 0.625. The van der Waals surface area contributed by atoms with E-state index in [1.165, 1.54) is 32.1 Å². The lowest BCUT2D eigenvalue weighted by Crippen LogP contribution is -2.41. The molecule has 0 aliphatic heterocycles. The first-order chi connectivity index (χ1) is 5.24. The first-order valence-electron chi connectivity index (χ1n) is 4.93. The summed E-state index contributed by atoms with van der Waals surface area (Å²) >= 11 is 0. The Morgan fingerprint density at radius 2 is 1.45 bits per heavy atom. The molecule has 0 saturated heterocycles. The molecule has 0 bridgehead atoms. The topological polar surface area (TPSA) is 12.0 Å². The van der Waals surface area contributed by atoms with Gasteiger partial charge in [-0.05, 0) is 26.3 Å². The second-order valence-corrected chi connectivity index (χ2v) is 3.38. The van der Waals surface area contributed by atoms with Crippen molar-refractivity contribution < 1.29 is 0 Å². The van der Waals surface area contributed by atoms with Crippen molar-refractivity contribution in [1.29, 1.82) is 0 Å². The Kier molecular flexibility index (Phi) is 5.57. The number of hydrogen-bond acceptors (Lipinski definition) is 1. The first kappa shape index (κ1) is 11.0. The molecule has 1 N–H and O–H groups in total. The maximum Gasteiger partial charge on any atom is 0.0175 e. The molecule has 68 valence electrons. The van der Waals surface area contributed by atoms with Gasteiger partial charge < -0.3 is 5.32 Å². The minimum absolute atomic E-state index is 0.434. The summed E-state index contributed by atoms with van der Waals surface area (Å²) in [6.07, 6.45) is 6.45. The van der Waals surface area contributed by atoms with Crippen LogP contribution in [0.1, 0.15) is 52.9 Å². The van der Waals surface area contributed by atoms with Crippen molar-refractivity contribution in [3.8, 4) is 0 Å². The molecule has 11 heavy (non-hydrogen) atoms. The fourth-order valence-corrected chi connectivity index (χ4v) is 1.86. The van der Waals surface area contributed by atoms with Gasteiger partial charge in [-0.1, -0.05) is 33.6 Å². The van der Waals surface area contributed by atoms with Crippen molar-refractivity contribution in [1.82, 2.24) is 5.32 Å². The molecule has 0 atom stereocenters. The van der Waals surface area contributed by atoms with E-state index < -0.39 is 0 Å². The lowest BCUT2D eigenvalue weighted by Gasteiger charge is -2.32. The van der Waals surface area contributed by atoms with Gasteiger partial charge in [-0.2, -0.15) is 0 Å². The summed E-state index contributed by atoms with van der Waals surface area (Å²) in [6.45, 7) is 6.80. The van der Waals surface area contributed by atoms with Gasteiger partial charge in [0.15, 0.2) is 0 Å². The second kappa shape index (κ2) is 5.59. The molecular weight excluding hydrogens is 134 g/mol. The highest BCUT2D eigenvalue weighted by atomic mass is 14.9. The molecule has 0 spiro atoms. The summed E-state index contributed by atoms with van der Waals surface area (Å²) in [5.41, 5.74) is 0.434. The van der Waals surface area contributed by atoms with Gasteiger partial charge in [0.2, 0.25) is 0 Å². The lowest BCUT2D eigenvalue weighted by molar-refractivity contribution is 0.285. The van der Waals surface area contributed by atoms with Crippen LogP contribution in [0.25, 0.3) is 0 Å². The Bertz CT molecular complexity index is 76.9. The Morgan fingerprint density at radius 1 is 1.00 bits per heavy atom. The molecule has 0 aliphatic rings. The van der Waals surface area contributed by atoms with E-state index in [1.807, 2.05) is 0 Å². The summed E-state index contributed by atoms with van der Waals surface area (Å²) in [5, 5.41) is 3.47. The van der Waals surface area contributed by atoms with E-state index in [0.717, 1.165) is 0 Å². The van der Waals surface area contributed by atoms with Crippen LogP contribution in [0.3, 0.4) is 0 Å². The molecule has 0 aromatic carbocycles. The molecule has 0 heterocycles. The van der Waals surface area contributed by atoms with Crippen LogP contribution in [0.15, 0.2) is 0 Å². The number of hydrogen-bond donors (Lipinski definition) is 1. The van der Waals surface area contributed by atoms with E-state index in [-0.39, 0.29) is 0 Å². The Morgan fingerprint density at radius 3 is 1.64 bits per heavy atom. The third-order valence-corrected chi connectivity index (χ3v) is 2.66. The van der Waals surface area contributed by atoms with Crippen LogP contribution >= 0.6 is 0 Å². The van der Waals surface area contributed by atoms with Crippen molar-refractivity contribution in [3.05, 3.63) is 0 Å². The highest BCUT2D eigenvalue weighted by molar-refractivity contribution is 4.83. The van der Waals surface area contributed by atoms with Crippen LogP contribution < -0.4 is 5.32 Å². The van der Waals surface area contributed by atoms with Crippen molar-refractivity contribution >= 4 is 0 Å². The van der Waals surface area contributed by atoms with Gasteiger partial charge in [0.05, 0.1) is 0 Å². The van der Waals surface area contributed by atoms with E-state index in [1.54, 1.807) is 0 Å². The van der Waals surface area contributed by atoms with Gasteiger partial charge in [-0.15, -0.1) is 0 Å². The minimum atomic E-state index is 0.434. The molecule has 0 fully saturated rings. The summed E-state index contributed by atoms with van der Waals surface area (Å²) < 4.78 is 0. The summed E-state index contributed by atoms with van der Waals surface area (Å²) in [6, 6.07) is 0. The van der Waals surface area contributed by atoms with Crippen LogP contribution in [0, 0.1) is 0 Å². The minimum Gasteiger partial charge on any atom is -0.314 e. The molecule has 0 aromatic heterocycles. The van der Waals surface area contributed by atoms with Crippen molar-refractivity contribution in [2.75, 3.05) is 7.05 Å². The summed E-state index contributed by atoms with van der Waals surface area (Å²) in [5.74, 6) is 0. The van der Waals surface area contributed by atoms with Gasteiger partial charge in [0.1, 0.15) is 0 Å². The lowest BCUT2D eigenvalue weighted by atomic mass is 9.86. The van der Waals surface area contributed by atoms with E-state index in [2.05, 4.69) is 33.1 Å². The van der Waals surface area contributed by atoms with E-state index >= 15 is 0 Å². The zero-order chi connectivity index (χ0) is 8.74. The van der Waals surface area contributed by atoms with Crippen LogP contribution in [0.2, 0.25) is 0 Å². The van der Waals surface area contributed by atoms with Crippen molar-refractivity contribution in [3.63, 3.8) is 0 Å². The van der Waals surface area contributed by atoms with Gasteiger partial charge >= 0.3 is 0 Å². The maximum atomic E-state index is 3.47. The van der Waals surface area contributed by atoms with Crippen molar-refractivity contribution in [2.45, 2.75) is 58.4 Å². The van der Waals surface area contributed by atoms with Crippen molar-refractivity contribution in [2.24, 2.45) is 0 Å². The highest BCUT2D eigenvalue weighted by Gasteiger charge is 2.22. The zero-order valence-corrected chi connectivity index (χ0v) is 8.54. The summed E-state index contributed by atoms with van der Waals surface area (Å²) in [7, 11) is 2.09. The molecule has 1 nitrogen and oxygen atoms in total. The molecule has 0 radical (unpaired) electrons. The average Bonchev–Trinajstić information content (AvgIpc) is 2.04. The zero-order valence-electron chi connectivity index (χ0n) is 8.54. The average molecular weight is 157 g/mol. The third-order valence-electron chi connectivity index (χ3n) is 2.66. The largest absolute Gasteiger partial charge is 0.314 e. The van der Waals surface area contributed by atoms with E-state index in [4.69, 9.17) is 0 Å². The molecule has 0 rings (SSSR count). The summed E-state index contributed by atoms with van der Waals surface area (Å²) in [4.78, 5) is 0. The fraction of sp³-hybridized carbons (Fsp3) is 1.00. The number of rotatable bonds is 6. The molecule has 0 amide bonds. The van der Waals surface area contributed by atoms with Crippen LogP contribution in [-0.2, 0) is 0 Å². The highest BCUT2D eigenvalue weighted by Crippen LogP contribution is 2.22. The Labute approximate surface area is 71.6 Å². The molecule has 0 aliphatic carbocycles. The third kappa shape index (κ3) is 3.24. The normalized spacial score (nSPS) is 12.0. The maximum absolute atomic E-state index is 3.47. The van der Waals surface area contributed by atoms with Crippen LogP contribution in [0.5, 0.6) is 0 Å². The monoisotopic (exact) mass is 157 g/mol. The predicted octanol–water partition coefficient (Wildman–Crippen LogP) is 2.95. The Hall–Kier alpha value is -0.0400. The molecule has 0 unspecified atom stereocenters. The SMILES string of the molecule is CCCC(CC)(CCC)NC. The number of nitrogens with one attached hydrogen (secondary N) is 1. The van der Waals surface area contributed by atoms with E-state index in [9.17, 15) is 0 Å². The molecule has 0 saturated carbocycles. The van der Waals surface area contributed by atoms with Gasteiger partial charge in [0, 0.05) is 5.54 Å². The second-order valence-electron chi connectivity index (χ2n) is 3.38. The standard InChI is InChI=1S/C10H23N/c1-5-8-10(7-3,11-4)9-6-2/h11H,5-9H2,1-4H3. The Balaban J connectivity index is 3.96. The molecule has 0 aromatic rings. The van der Waals surface area contributed by atoms with E-state index in [0.29, 0.717) is 5.54 Å². The smallest absolute Gasteiger partial charge is 0.0175 e. The molecule has 1 heteroatoms. The first-order valence-corrected chi connectivity index (χ1v) is 4.93. The van der Waals surface area contributed by atoms with Crippen LogP contribution in [-0.4, -0.2) is 12.6 Å². The predicted molar refractivity (Wildman–Crippen MR) is 51.9 cm³/mol. The van der Waals surface area contributed by atoms with Crippen LogP contribution in [0.4, 0.5) is 0 Å². The fourth-order valence-electron chi connectivity index (χ4n) is 1.86. The molecular formula is C10H23N. The van der Waals surface area contributed by atoms with Gasteiger partial charge in [-0.25, -0.2) is 0 Å².